The van der Waals surface area contributed by atoms with Gasteiger partial charge in [0.25, 0.3) is 0 Å². The van der Waals surface area contributed by atoms with Gasteiger partial charge in [0.1, 0.15) is 0 Å². The molecule has 0 N–H and O–H groups in total. The lowest BCUT2D eigenvalue weighted by Gasteiger charge is -2.15. The molecule has 0 rings (SSSR count). The van der Waals surface area contributed by atoms with E-state index in [1.54, 1.807) is 6.92 Å². The van der Waals surface area contributed by atoms with Gasteiger partial charge >= 0.3 is 6.18 Å². The molecule has 5 heteroatoms. The van der Waals surface area contributed by atoms with Gasteiger partial charge in [0, 0.05) is 6.42 Å². The van der Waals surface area contributed by atoms with Crippen LogP contribution >= 0.6 is 12.2 Å². The molecule has 1 unspecified atom stereocenters. The largest absolute Gasteiger partial charge is 0.487 e. The zero-order chi connectivity index (χ0) is 9.78. The van der Waals surface area contributed by atoms with E-state index in [9.17, 15) is 13.2 Å². The van der Waals surface area contributed by atoms with Crippen LogP contribution in [0.2, 0.25) is 0 Å². The van der Waals surface area contributed by atoms with Crippen LogP contribution < -0.4 is 0 Å². The van der Waals surface area contributed by atoms with E-state index in [1.165, 1.54) is 0 Å². The predicted molar refractivity (Wildman–Crippen MR) is 44.1 cm³/mol. The Labute approximate surface area is 74.9 Å². The fraction of sp³-hybridized carbons (Fsp3) is 0.857. The highest BCUT2D eigenvalue weighted by Gasteiger charge is 2.36. The molecule has 12 heavy (non-hydrogen) atoms. The van der Waals surface area contributed by atoms with Gasteiger partial charge in [0.2, 0.25) is 0 Å². The summed E-state index contributed by atoms with van der Waals surface area (Å²) in [6.07, 6.45) is -4.41. The summed E-state index contributed by atoms with van der Waals surface area (Å²) in [7, 11) is 0. The first-order chi connectivity index (χ1) is 5.38. The fourth-order valence-electron chi connectivity index (χ4n) is 0.586. The van der Waals surface area contributed by atoms with Crippen LogP contribution in [-0.4, -0.2) is 17.8 Å². The van der Waals surface area contributed by atoms with Crippen molar-refractivity contribution in [3.63, 3.8) is 0 Å². The number of hydrogen-bond donors (Lipinski definition) is 0. The maximum absolute atomic E-state index is 11.9. The summed E-state index contributed by atoms with van der Waals surface area (Å²) < 4.78 is 40.5. The molecular weight excluding hydrogens is 189 g/mol. The molecule has 0 spiro atoms. The zero-order valence-electron chi connectivity index (χ0n) is 6.94. The molecule has 1 atom stereocenters. The molecular formula is C7H11F3OS. The van der Waals surface area contributed by atoms with Crippen LogP contribution in [-0.2, 0) is 4.74 Å². The van der Waals surface area contributed by atoms with E-state index < -0.39 is 12.1 Å². The Morgan fingerprint density at radius 3 is 2.33 bits per heavy atom. The lowest BCUT2D eigenvalue weighted by molar-refractivity contribution is -0.168. The third kappa shape index (κ3) is 4.54. The number of alkyl halides is 3. The van der Waals surface area contributed by atoms with Gasteiger partial charge in [-0.3, -0.25) is 0 Å². The van der Waals surface area contributed by atoms with E-state index in [1.807, 2.05) is 0 Å². The molecule has 0 aromatic heterocycles. The van der Waals surface area contributed by atoms with E-state index in [2.05, 4.69) is 12.2 Å². The molecule has 0 aromatic rings. The van der Waals surface area contributed by atoms with E-state index in [4.69, 9.17) is 4.74 Å². The minimum absolute atomic E-state index is 0.0299. The SMILES string of the molecule is CCOC(=S)CC(C)C(F)(F)F. The Balaban J connectivity index is 3.84. The van der Waals surface area contributed by atoms with Crippen LogP contribution in [0, 0.1) is 5.92 Å². The van der Waals surface area contributed by atoms with Gasteiger partial charge in [-0.15, -0.1) is 0 Å². The summed E-state index contributed by atoms with van der Waals surface area (Å²) in [5.74, 6) is -1.42. The molecule has 0 saturated carbocycles. The fourth-order valence-corrected chi connectivity index (χ4v) is 0.953. The number of ether oxygens (including phenoxy) is 1. The van der Waals surface area contributed by atoms with Crippen LogP contribution in [0.3, 0.4) is 0 Å². The van der Waals surface area contributed by atoms with Gasteiger partial charge in [-0.2, -0.15) is 13.2 Å². The molecule has 0 fully saturated rings. The Hall–Kier alpha value is -0.320. The van der Waals surface area contributed by atoms with Gasteiger partial charge in [-0.25, -0.2) is 0 Å². The van der Waals surface area contributed by atoms with E-state index in [0.717, 1.165) is 6.92 Å². The molecule has 0 radical (unpaired) electrons. The summed E-state index contributed by atoms with van der Waals surface area (Å²) >= 11 is 4.58. The molecule has 0 aliphatic rings. The lowest BCUT2D eigenvalue weighted by Crippen LogP contribution is -2.22. The number of rotatable bonds is 3. The number of thiocarbonyl (C=S) groups is 1. The van der Waals surface area contributed by atoms with E-state index in [-0.39, 0.29) is 11.5 Å². The molecule has 1 nitrogen and oxygen atoms in total. The summed E-state index contributed by atoms with van der Waals surface area (Å²) in [6, 6.07) is 0. The molecule has 0 saturated heterocycles. The second kappa shape index (κ2) is 4.64. The summed E-state index contributed by atoms with van der Waals surface area (Å²) in [5.41, 5.74) is 0. The van der Waals surface area contributed by atoms with Crippen LogP contribution in [0.5, 0.6) is 0 Å². The average Bonchev–Trinajstić information content (AvgIpc) is 1.85. The quantitative estimate of drug-likeness (QED) is 0.648. The standard InChI is InChI=1S/C7H11F3OS/c1-3-11-6(12)4-5(2)7(8,9)10/h5H,3-4H2,1-2H3. The van der Waals surface area contributed by atoms with Crippen molar-refractivity contribution in [2.45, 2.75) is 26.4 Å². The van der Waals surface area contributed by atoms with Gasteiger partial charge < -0.3 is 4.74 Å². The van der Waals surface area contributed by atoms with Crippen LogP contribution in [0.1, 0.15) is 20.3 Å². The molecule has 0 aromatic carbocycles. The minimum atomic E-state index is -4.18. The first-order valence-corrected chi connectivity index (χ1v) is 4.01. The predicted octanol–water partition coefficient (Wildman–Crippen LogP) is 2.94. The number of halogens is 3. The minimum Gasteiger partial charge on any atom is -0.487 e. The van der Waals surface area contributed by atoms with Crippen LogP contribution in [0.15, 0.2) is 0 Å². The summed E-state index contributed by atoms with van der Waals surface area (Å²) in [6.45, 7) is 3.10. The van der Waals surface area contributed by atoms with Crippen molar-refractivity contribution in [2.24, 2.45) is 5.92 Å². The van der Waals surface area contributed by atoms with Gasteiger partial charge in [-0.1, -0.05) is 6.92 Å². The first-order valence-electron chi connectivity index (χ1n) is 3.60. The van der Waals surface area contributed by atoms with Crippen molar-refractivity contribution in [1.82, 2.24) is 0 Å². The van der Waals surface area contributed by atoms with Crippen molar-refractivity contribution in [1.29, 1.82) is 0 Å². The first kappa shape index (κ1) is 11.7. The Morgan fingerprint density at radius 1 is 1.50 bits per heavy atom. The topological polar surface area (TPSA) is 9.23 Å². The lowest BCUT2D eigenvalue weighted by atomic mass is 10.1. The molecule has 0 bridgehead atoms. The number of hydrogen-bond acceptors (Lipinski definition) is 2. The molecule has 0 heterocycles. The van der Waals surface area contributed by atoms with Crippen molar-refractivity contribution >= 4 is 17.3 Å². The van der Waals surface area contributed by atoms with E-state index >= 15 is 0 Å². The third-order valence-electron chi connectivity index (χ3n) is 1.34. The van der Waals surface area contributed by atoms with Gasteiger partial charge in [0.05, 0.1) is 12.5 Å². The maximum Gasteiger partial charge on any atom is 0.392 e. The summed E-state index contributed by atoms with van der Waals surface area (Å²) in [4.78, 5) is 0. The zero-order valence-corrected chi connectivity index (χ0v) is 7.76. The monoisotopic (exact) mass is 200 g/mol. The normalized spacial score (nSPS) is 14.1. The Bertz CT molecular complexity index is 155. The van der Waals surface area contributed by atoms with Gasteiger partial charge in [-0.05, 0) is 19.1 Å². The molecule has 0 aliphatic carbocycles. The molecule has 0 amide bonds. The second-order valence-electron chi connectivity index (χ2n) is 2.45. The molecule has 0 aliphatic heterocycles. The van der Waals surface area contributed by atoms with Crippen molar-refractivity contribution < 1.29 is 17.9 Å². The summed E-state index contributed by atoms with van der Waals surface area (Å²) in [5, 5.41) is 0.0299. The van der Waals surface area contributed by atoms with Gasteiger partial charge in [0.15, 0.2) is 5.05 Å². The highest BCUT2D eigenvalue weighted by atomic mass is 32.1. The second-order valence-corrected chi connectivity index (χ2v) is 2.91. The average molecular weight is 200 g/mol. The highest BCUT2D eigenvalue weighted by molar-refractivity contribution is 7.80. The molecule has 72 valence electrons. The highest BCUT2D eigenvalue weighted by Crippen LogP contribution is 2.28. The third-order valence-corrected chi connectivity index (χ3v) is 1.62. The maximum atomic E-state index is 11.9. The van der Waals surface area contributed by atoms with Crippen LogP contribution in [0.4, 0.5) is 13.2 Å². The van der Waals surface area contributed by atoms with Crippen LogP contribution in [0.25, 0.3) is 0 Å². The van der Waals surface area contributed by atoms with Crippen molar-refractivity contribution in [3.05, 3.63) is 0 Å². The van der Waals surface area contributed by atoms with Crippen molar-refractivity contribution in [3.8, 4) is 0 Å². The van der Waals surface area contributed by atoms with Crippen molar-refractivity contribution in [2.75, 3.05) is 6.61 Å². The van der Waals surface area contributed by atoms with E-state index in [0.29, 0.717) is 6.61 Å². The Kier molecular flexibility index (Phi) is 4.52. The smallest absolute Gasteiger partial charge is 0.392 e. The Morgan fingerprint density at radius 2 is 2.00 bits per heavy atom.